The first-order valence-corrected chi connectivity index (χ1v) is 9.64. The SMILES string of the molecule is CCOc1cc(/C=N\NC(N)=S)ccc1OCCOc1cc(C)cc(CC)c1. The van der Waals surface area contributed by atoms with Gasteiger partial charge in [-0.2, -0.15) is 5.10 Å². The van der Waals surface area contributed by atoms with Crippen molar-refractivity contribution >= 4 is 23.5 Å². The summed E-state index contributed by atoms with van der Waals surface area (Å²) in [6, 6.07) is 11.8. The van der Waals surface area contributed by atoms with Crippen molar-refractivity contribution < 1.29 is 14.2 Å². The number of nitrogens with one attached hydrogen (secondary N) is 1. The molecule has 2 aromatic rings. The molecule has 6 nitrogen and oxygen atoms in total. The minimum Gasteiger partial charge on any atom is -0.490 e. The average molecular weight is 402 g/mol. The van der Waals surface area contributed by atoms with Gasteiger partial charge < -0.3 is 19.9 Å². The lowest BCUT2D eigenvalue weighted by Crippen LogP contribution is -2.23. The van der Waals surface area contributed by atoms with Crippen LogP contribution >= 0.6 is 12.2 Å². The zero-order chi connectivity index (χ0) is 20.4. The van der Waals surface area contributed by atoms with Gasteiger partial charge in [-0.1, -0.05) is 13.0 Å². The van der Waals surface area contributed by atoms with Gasteiger partial charge in [0.15, 0.2) is 16.6 Å². The summed E-state index contributed by atoms with van der Waals surface area (Å²) in [5, 5.41) is 4.06. The van der Waals surface area contributed by atoms with E-state index >= 15 is 0 Å². The maximum absolute atomic E-state index is 5.85. The number of rotatable bonds is 10. The predicted molar refractivity (Wildman–Crippen MR) is 117 cm³/mol. The zero-order valence-electron chi connectivity index (χ0n) is 16.5. The molecule has 0 aromatic heterocycles. The maximum Gasteiger partial charge on any atom is 0.184 e. The fraction of sp³-hybridized carbons (Fsp3) is 0.333. The highest BCUT2D eigenvalue weighted by Crippen LogP contribution is 2.28. The molecule has 2 aromatic carbocycles. The Kier molecular flexibility index (Phi) is 8.55. The summed E-state index contributed by atoms with van der Waals surface area (Å²) in [6.07, 6.45) is 2.59. The van der Waals surface area contributed by atoms with E-state index in [4.69, 9.17) is 32.2 Å². The van der Waals surface area contributed by atoms with E-state index in [0.717, 1.165) is 17.7 Å². The Bertz CT molecular complexity index is 825. The molecule has 7 heteroatoms. The van der Waals surface area contributed by atoms with Crippen molar-refractivity contribution in [3.05, 3.63) is 53.1 Å². The van der Waals surface area contributed by atoms with Crippen molar-refractivity contribution in [2.24, 2.45) is 10.8 Å². The lowest BCUT2D eigenvalue weighted by atomic mass is 10.1. The summed E-state index contributed by atoms with van der Waals surface area (Å²) in [7, 11) is 0. The van der Waals surface area contributed by atoms with Gasteiger partial charge in [-0.15, -0.1) is 0 Å². The fourth-order valence-electron chi connectivity index (χ4n) is 2.59. The normalized spacial score (nSPS) is 10.7. The van der Waals surface area contributed by atoms with Gasteiger partial charge in [-0.3, -0.25) is 5.43 Å². The van der Waals surface area contributed by atoms with E-state index in [1.165, 1.54) is 11.1 Å². The van der Waals surface area contributed by atoms with Crippen molar-refractivity contribution in [3.63, 3.8) is 0 Å². The molecule has 0 atom stereocenters. The van der Waals surface area contributed by atoms with Crippen LogP contribution in [0.4, 0.5) is 0 Å². The molecule has 0 spiro atoms. The Morgan fingerprint density at radius 3 is 2.57 bits per heavy atom. The smallest absolute Gasteiger partial charge is 0.184 e. The summed E-state index contributed by atoms with van der Waals surface area (Å²) in [4.78, 5) is 0. The van der Waals surface area contributed by atoms with Crippen molar-refractivity contribution in [3.8, 4) is 17.2 Å². The number of nitrogens with zero attached hydrogens (tertiary/aromatic N) is 1. The van der Waals surface area contributed by atoms with Crippen molar-refractivity contribution in [1.82, 2.24) is 5.43 Å². The second kappa shape index (κ2) is 11.1. The molecular formula is C21H27N3O3S. The van der Waals surface area contributed by atoms with Gasteiger partial charge in [-0.05, 0) is 79.5 Å². The van der Waals surface area contributed by atoms with Crippen molar-refractivity contribution in [1.29, 1.82) is 0 Å². The Hall–Kier alpha value is -2.80. The minimum absolute atomic E-state index is 0.112. The molecule has 2 rings (SSSR count). The van der Waals surface area contributed by atoms with E-state index in [1.54, 1.807) is 6.21 Å². The third-order valence-corrected chi connectivity index (χ3v) is 3.88. The van der Waals surface area contributed by atoms with Gasteiger partial charge in [0.2, 0.25) is 0 Å². The topological polar surface area (TPSA) is 78.1 Å². The van der Waals surface area contributed by atoms with Crippen LogP contribution in [0.2, 0.25) is 0 Å². The highest BCUT2D eigenvalue weighted by atomic mass is 32.1. The largest absolute Gasteiger partial charge is 0.490 e. The standard InChI is InChI=1S/C21H27N3O3S/c1-4-16-10-15(3)11-18(12-16)26-8-9-27-19-7-6-17(13-20(19)25-5-2)14-23-24-21(22)28/h6-7,10-14H,4-5,8-9H2,1-3H3,(H3,22,24,28)/b23-14-. The van der Waals surface area contributed by atoms with E-state index < -0.39 is 0 Å². The second-order valence-electron chi connectivity index (χ2n) is 6.08. The third-order valence-electron chi connectivity index (χ3n) is 3.78. The van der Waals surface area contributed by atoms with Gasteiger partial charge in [0, 0.05) is 0 Å². The van der Waals surface area contributed by atoms with Crippen LogP contribution in [0, 0.1) is 6.92 Å². The summed E-state index contributed by atoms with van der Waals surface area (Å²) in [5.74, 6) is 2.16. The molecule has 0 fully saturated rings. The van der Waals surface area contributed by atoms with Crippen LogP contribution in [0.25, 0.3) is 0 Å². The Balaban J connectivity index is 1.94. The molecule has 0 bridgehead atoms. The first kappa shape index (κ1) is 21.5. The Morgan fingerprint density at radius 1 is 1.07 bits per heavy atom. The molecule has 0 saturated carbocycles. The van der Waals surface area contributed by atoms with Gasteiger partial charge >= 0.3 is 0 Å². The van der Waals surface area contributed by atoms with Crippen molar-refractivity contribution in [2.75, 3.05) is 19.8 Å². The molecule has 0 aliphatic carbocycles. The van der Waals surface area contributed by atoms with Crippen LogP contribution in [-0.2, 0) is 6.42 Å². The number of hydrogen-bond acceptors (Lipinski definition) is 5. The molecule has 0 amide bonds. The van der Waals surface area contributed by atoms with E-state index in [-0.39, 0.29) is 5.11 Å². The molecule has 3 N–H and O–H groups in total. The van der Waals surface area contributed by atoms with E-state index in [2.05, 4.69) is 36.5 Å². The molecule has 150 valence electrons. The van der Waals surface area contributed by atoms with Gasteiger partial charge in [0.05, 0.1) is 12.8 Å². The lowest BCUT2D eigenvalue weighted by Gasteiger charge is -2.13. The van der Waals surface area contributed by atoms with E-state index in [9.17, 15) is 0 Å². The van der Waals surface area contributed by atoms with Gasteiger partial charge in [0.25, 0.3) is 0 Å². The lowest BCUT2D eigenvalue weighted by molar-refractivity contribution is 0.208. The van der Waals surface area contributed by atoms with Crippen LogP contribution in [0.1, 0.15) is 30.5 Å². The molecule has 0 radical (unpaired) electrons. The van der Waals surface area contributed by atoms with E-state index in [0.29, 0.717) is 31.3 Å². The number of nitrogens with two attached hydrogens (primary N) is 1. The van der Waals surface area contributed by atoms with Gasteiger partial charge in [0.1, 0.15) is 19.0 Å². The number of hydrogen-bond donors (Lipinski definition) is 2. The quantitative estimate of drug-likeness (QED) is 0.274. The van der Waals surface area contributed by atoms with Crippen LogP contribution < -0.4 is 25.4 Å². The first-order chi connectivity index (χ1) is 13.5. The Morgan fingerprint density at radius 2 is 1.86 bits per heavy atom. The molecule has 0 saturated heterocycles. The molecule has 28 heavy (non-hydrogen) atoms. The molecule has 0 aliphatic heterocycles. The number of thiocarbonyl (C=S) groups is 1. The second-order valence-corrected chi connectivity index (χ2v) is 6.52. The van der Waals surface area contributed by atoms with Crippen LogP contribution in [0.3, 0.4) is 0 Å². The van der Waals surface area contributed by atoms with Crippen LogP contribution in [0.5, 0.6) is 17.2 Å². The number of aryl methyl sites for hydroxylation is 2. The summed E-state index contributed by atoms with van der Waals surface area (Å²) >= 11 is 4.71. The summed E-state index contributed by atoms with van der Waals surface area (Å²) in [5.41, 5.74) is 11.1. The first-order valence-electron chi connectivity index (χ1n) is 9.23. The molecule has 0 heterocycles. The average Bonchev–Trinajstić information content (AvgIpc) is 2.66. The highest BCUT2D eigenvalue weighted by molar-refractivity contribution is 7.80. The van der Waals surface area contributed by atoms with Gasteiger partial charge in [-0.25, -0.2) is 0 Å². The Labute approximate surface area is 171 Å². The van der Waals surface area contributed by atoms with Crippen LogP contribution in [0.15, 0.2) is 41.5 Å². The minimum atomic E-state index is 0.112. The summed E-state index contributed by atoms with van der Waals surface area (Å²) in [6.45, 7) is 7.50. The van der Waals surface area contributed by atoms with Crippen molar-refractivity contribution in [2.45, 2.75) is 27.2 Å². The number of benzene rings is 2. The number of ether oxygens (including phenoxy) is 3. The molecule has 0 aliphatic rings. The number of hydrazone groups is 1. The zero-order valence-corrected chi connectivity index (χ0v) is 17.3. The van der Waals surface area contributed by atoms with E-state index in [1.807, 2.05) is 31.2 Å². The third kappa shape index (κ3) is 7.08. The monoisotopic (exact) mass is 401 g/mol. The molecule has 0 unspecified atom stereocenters. The maximum atomic E-state index is 5.85. The molecular weight excluding hydrogens is 374 g/mol. The van der Waals surface area contributed by atoms with Crippen LogP contribution in [-0.4, -0.2) is 31.1 Å². The fourth-order valence-corrected chi connectivity index (χ4v) is 2.64. The predicted octanol–water partition coefficient (Wildman–Crippen LogP) is 3.58. The summed E-state index contributed by atoms with van der Waals surface area (Å²) < 4.78 is 17.3. The highest BCUT2D eigenvalue weighted by Gasteiger charge is 2.06.